The summed E-state index contributed by atoms with van der Waals surface area (Å²) in [7, 11) is -3.96. The third-order valence-electron chi connectivity index (χ3n) is 5.07. The maximum Gasteiger partial charge on any atom is 0.262 e. The molecule has 0 fully saturated rings. The van der Waals surface area contributed by atoms with Gasteiger partial charge in [0.2, 0.25) is 0 Å². The van der Waals surface area contributed by atoms with Crippen molar-refractivity contribution in [2.45, 2.75) is 25.7 Å². The molecule has 1 aliphatic carbocycles. The van der Waals surface area contributed by atoms with Gasteiger partial charge in [-0.1, -0.05) is 54.1 Å². The van der Waals surface area contributed by atoms with Gasteiger partial charge in [0.15, 0.2) is 11.6 Å². The second kappa shape index (κ2) is 6.67. The molecule has 0 aliphatic heterocycles. The predicted octanol–water partition coefficient (Wildman–Crippen LogP) is 4.19. The van der Waals surface area contributed by atoms with Crippen LogP contribution in [-0.2, 0) is 10.0 Å². The van der Waals surface area contributed by atoms with Crippen molar-refractivity contribution in [1.82, 2.24) is 0 Å². The molecule has 0 saturated carbocycles. The van der Waals surface area contributed by atoms with E-state index >= 15 is 0 Å². The average molecular weight is 405 g/mol. The minimum absolute atomic E-state index is 0.0854. The first-order valence-electron chi connectivity index (χ1n) is 9.13. The fraction of sp³-hybridized carbons (Fsp3) is 0.130. The van der Waals surface area contributed by atoms with Crippen LogP contribution in [0.25, 0.3) is 0 Å². The van der Waals surface area contributed by atoms with E-state index in [4.69, 9.17) is 0 Å². The van der Waals surface area contributed by atoms with Crippen molar-refractivity contribution < 1.29 is 18.0 Å². The number of carbonyl (C=O) groups is 2. The molecular formula is C23H19NO4S. The quantitative estimate of drug-likeness (QED) is 0.554. The molecule has 0 heterocycles. The van der Waals surface area contributed by atoms with Crippen LogP contribution in [0.5, 0.6) is 0 Å². The lowest BCUT2D eigenvalue weighted by Crippen LogP contribution is -2.24. The fourth-order valence-electron chi connectivity index (χ4n) is 4.02. The van der Waals surface area contributed by atoms with E-state index in [2.05, 4.69) is 4.72 Å². The molecule has 1 N–H and O–H groups in total. The van der Waals surface area contributed by atoms with Crippen LogP contribution in [0.1, 0.15) is 48.5 Å². The summed E-state index contributed by atoms with van der Waals surface area (Å²) in [6, 6.07) is 14.8. The molecule has 1 aliphatic rings. The van der Waals surface area contributed by atoms with Crippen molar-refractivity contribution in [3.8, 4) is 0 Å². The third kappa shape index (κ3) is 3.06. The highest BCUT2D eigenvalue weighted by Crippen LogP contribution is 2.33. The summed E-state index contributed by atoms with van der Waals surface area (Å²) in [6.45, 7) is 5.37. The minimum Gasteiger partial charge on any atom is -0.289 e. The highest BCUT2D eigenvalue weighted by Gasteiger charge is 2.32. The Kier molecular flexibility index (Phi) is 4.39. The zero-order valence-electron chi connectivity index (χ0n) is 16.2. The van der Waals surface area contributed by atoms with Crippen LogP contribution in [0, 0.1) is 20.8 Å². The molecule has 0 atom stereocenters. The van der Waals surface area contributed by atoms with Gasteiger partial charge in [0.1, 0.15) is 0 Å². The van der Waals surface area contributed by atoms with Crippen LogP contribution in [-0.4, -0.2) is 20.0 Å². The Balaban J connectivity index is 1.85. The van der Waals surface area contributed by atoms with E-state index in [1.807, 2.05) is 6.92 Å². The van der Waals surface area contributed by atoms with Gasteiger partial charge >= 0.3 is 0 Å². The van der Waals surface area contributed by atoms with Crippen LogP contribution < -0.4 is 4.72 Å². The molecule has 5 nitrogen and oxygen atoms in total. The maximum absolute atomic E-state index is 13.2. The molecule has 6 heteroatoms. The van der Waals surface area contributed by atoms with Crippen molar-refractivity contribution in [1.29, 1.82) is 0 Å². The molecular weight excluding hydrogens is 386 g/mol. The summed E-state index contributed by atoms with van der Waals surface area (Å²) in [5.41, 5.74) is 3.20. The summed E-state index contributed by atoms with van der Waals surface area (Å²) in [6.07, 6.45) is 0. The summed E-state index contributed by atoms with van der Waals surface area (Å²) >= 11 is 0. The molecule has 0 saturated heterocycles. The summed E-state index contributed by atoms with van der Waals surface area (Å²) < 4.78 is 28.9. The van der Waals surface area contributed by atoms with E-state index in [1.165, 1.54) is 6.07 Å². The molecule has 0 unspecified atom stereocenters. The normalized spacial score (nSPS) is 13.1. The van der Waals surface area contributed by atoms with Gasteiger partial charge in [-0.25, -0.2) is 8.42 Å². The number of ketones is 2. The van der Waals surface area contributed by atoms with Gasteiger partial charge in [-0.2, -0.15) is 0 Å². The van der Waals surface area contributed by atoms with E-state index in [1.54, 1.807) is 62.4 Å². The van der Waals surface area contributed by atoms with Crippen molar-refractivity contribution in [2.75, 3.05) is 4.72 Å². The Morgan fingerprint density at radius 1 is 0.724 bits per heavy atom. The Morgan fingerprint density at radius 2 is 1.28 bits per heavy atom. The Hall–Kier alpha value is -3.25. The molecule has 0 radical (unpaired) electrons. The van der Waals surface area contributed by atoms with E-state index < -0.39 is 10.0 Å². The van der Waals surface area contributed by atoms with E-state index in [0.29, 0.717) is 16.7 Å². The van der Waals surface area contributed by atoms with Crippen LogP contribution in [0.4, 0.5) is 5.69 Å². The number of anilines is 1. The molecule has 4 rings (SSSR count). The molecule has 0 aromatic heterocycles. The molecule has 0 amide bonds. The third-order valence-corrected chi connectivity index (χ3v) is 6.74. The van der Waals surface area contributed by atoms with Crippen molar-refractivity contribution in [3.63, 3.8) is 0 Å². The lowest BCUT2D eigenvalue weighted by molar-refractivity contribution is 0.0979. The van der Waals surface area contributed by atoms with Crippen LogP contribution >= 0.6 is 0 Å². The SMILES string of the molecule is Cc1cc(C)c(S(=O)(=O)Nc2cccc3c2C(=O)c2ccccc2C3=O)c(C)c1. The number of sulfonamides is 1. The van der Waals surface area contributed by atoms with Crippen LogP contribution in [0.15, 0.2) is 59.5 Å². The van der Waals surface area contributed by atoms with Gasteiger partial charge in [0.25, 0.3) is 10.0 Å². The van der Waals surface area contributed by atoms with Gasteiger partial charge in [-0.3, -0.25) is 14.3 Å². The topological polar surface area (TPSA) is 80.3 Å². The van der Waals surface area contributed by atoms with Crippen molar-refractivity contribution in [3.05, 3.63) is 93.5 Å². The fourth-order valence-corrected chi connectivity index (χ4v) is 5.54. The summed E-state index contributed by atoms with van der Waals surface area (Å²) in [5.74, 6) is -0.662. The highest BCUT2D eigenvalue weighted by atomic mass is 32.2. The number of aryl methyl sites for hydroxylation is 3. The van der Waals surface area contributed by atoms with Crippen molar-refractivity contribution >= 4 is 27.3 Å². The predicted molar refractivity (Wildman–Crippen MR) is 111 cm³/mol. The van der Waals surface area contributed by atoms with Gasteiger partial charge in [-0.05, 0) is 38.0 Å². The molecule has 146 valence electrons. The summed E-state index contributed by atoms with van der Waals surface area (Å²) in [5, 5.41) is 0. The van der Waals surface area contributed by atoms with Gasteiger partial charge in [-0.15, -0.1) is 0 Å². The molecule has 29 heavy (non-hydrogen) atoms. The second-order valence-corrected chi connectivity index (χ2v) is 8.88. The van der Waals surface area contributed by atoms with Crippen molar-refractivity contribution in [2.24, 2.45) is 0 Å². The first kappa shape index (κ1) is 19.1. The average Bonchev–Trinajstić information content (AvgIpc) is 2.64. The van der Waals surface area contributed by atoms with E-state index in [0.717, 1.165) is 5.56 Å². The zero-order chi connectivity index (χ0) is 20.9. The number of carbonyl (C=O) groups excluding carboxylic acids is 2. The number of rotatable bonds is 3. The Bertz CT molecular complexity index is 1280. The molecule has 0 bridgehead atoms. The first-order chi connectivity index (χ1) is 13.7. The smallest absolute Gasteiger partial charge is 0.262 e. The van der Waals surface area contributed by atoms with Crippen LogP contribution in [0.2, 0.25) is 0 Å². The number of hydrogen-bond donors (Lipinski definition) is 1. The van der Waals surface area contributed by atoms with E-state index in [9.17, 15) is 18.0 Å². The lowest BCUT2D eigenvalue weighted by atomic mass is 9.83. The Labute approximate surface area is 169 Å². The Morgan fingerprint density at radius 3 is 1.90 bits per heavy atom. The highest BCUT2D eigenvalue weighted by molar-refractivity contribution is 7.92. The minimum atomic E-state index is -3.96. The van der Waals surface area contributed by atoms with Crippen LogP contribution in [0.3, 0.4) is 0 Å². The monoisotopic (exact) mass is 405 g/mol. The number of hydrogen-bond acceptors (Lipinski definition) is 4. The standard InChI is InChI=1S/C23H19NO4S/c1-13-11-14(2)23(15(3)12-13)29(27,28)24-19-10-6-9-18-20(19)22(26)17-8-5-4-7-16(17)21(18)25/h4-12,24H,1-3H3. The molecule has 3 aromatic rings. The zero-order valence-corrected chi connectivity index (χ0v) is 17.1. The van der Waals surface area contributed by atoms with Gasteiger partial charge in [0, 0.05) is 16.7 Å². The lowest BCUT2D eigenvalue weighted by Gasteiger charge is -2.21. The second-order valence-electron chi connectivity index (χ2n) is 7.27. The van der Waals surface area contributed by atoms with E-state index in [-0.39, 0.29) is 38.8 Å². The largest absolute Gasteiger partial charge is 0.289 e. The molecule has 3 aromatic carbocycles. The summed E-state index contributed by atoms with van der Waals surface area (Å²) in [4.78, 5) is 26.1. The molecule has 0 spiro atoms. The number of benzene rings is 3. The number of nitrogens with one attached hydrogen (secondary N) is 1. The number of fused-ring (bicyclic) bond motifs is 2. The van der Waals surface area contributed by atoms with Gasteiger partial charge < -0.3 is 0 Å². The van der Waals surface area contributed by atoms with Gasteiger partial charge in [0.05, 0.1) is 16.1 Å². The maximum atomic E-state index is 13.2. The first-order valence-corrected chi connectivity index (χ1v) is 10.6.